The molecule has 164 valence electrons. The van der Waals surface area contributed by atoms with Crippen LogP contribution in [0.2, 0.25) is 0 Å². The van der Waals surface area contributed by atoms with E-state index in [2.05, 4.69) is 0 Å². The van der Waals surface area contributed by atoms with Crippen molar-refractivity contribution in [1.82, 2.24) is 4.90 Å². The fraction of sp³-hybridized carbons (Fsp3) is 0.667. The van der Waals surface area contributed by atoms with E-state index in [-0.39, 0.29) is 13.2 Å². The highest BCUT2D eigenvalue weighted by Crippen LogP contribution is 2.32. The van der Waals surface area contributed by atoms with Crippen molar-refractivity contribution in [3.05, 3.63) is 11.8 Å². The van der Waals surface area contributed by atoms with Gasteiger partial charge in [-0.25, -0.2) is 9.59 Å². The Hall–Kier alpha value is -2.66. The Morgan fingerprint density at radius 3 is 1.79 bits per heavy atom. The smallest absolute Gasteiger partial charge is 0.347 e. The lowest BCUT2D eigenvalue weighted by Crippen LogP contribution is -2.41. The quantitative estimate of drug-likeness (QED) is 0.171. The molecule has 0 unspecified atom stereocenters. The third-order valence-electron chi connectivity index (χ3n) is 3.96. The number of methoxy groups -OCH3 is 1. The first kappa shape index (κ1) is 24.4. The second-order valence-corrected chi connectivity index (χ2v) is 5.96. The molecule has 0 amide bonds. The highest BCUT2D eigenvalue weighted by molar-refractivity contribution is 6.13. The molecule has 4 atom stereocenters. The zero-order valence-corrected chi connectivity index (χ0v) is 17.1. The van der Waals surface area contributed by atoms with Gasteiger partial charge in [0.25, 0.3) is 0 Å². The van der Waals surface area contributed by atoms with Gasteiger partial charge in [0.2, 0.25) is 0 Å². The van der Waals surface area contributed by atoms with Gasteiger partial charge in [-0.3, -0.25) is 9.59 Å². The van der Waals surface area contributed by atoms with E-state index in [1.807, 2.05) is 0 Å². The van der Waals surface area contributed by atoms with Crippen LogP contribution < -0.4 is 0 Å². The summed E-state index contributed by atoms with van der Waals surface area (Å²) in [6.45, 7) is 4.91. The van der Waals surface area contributed by atoms with Crippen molar-refractivity contribution < 1.29 is 48.0 Å². The van der Waals surface area contributed by atoms with Crippen LogP contribution in [0.1, 0.15) is 27.7 Å². The number of hydrogen-bond acceptors (Lipinski definition) is 11. The predicted octanol–water partition coefficient (Wildman–Crippen LogP) is -0.491. The van der Waals surface area contributed by atoms with E-state index in [0.717, 1.165) is 20.0 Å². The van der Waals surface area contributed by atoms with Gasteiger partial charge in [0.1, 0.15) is 0 Å². The summed E-state index contributed by atoms with van der Waals surface area (Å²) in [7, 11) is 1.29. The highest BCUT2D eigenvalue weighted by atomic mass is 16.6. The van der Waals surface area contributed by atoms with Gasteiger partial charge in [0.15, 0.2) is 24.0 Å². The number of ether oxygens (including phenoxy) is 5. The Labute approximate surface area is 168 Å². The van der Waals surface area contributed by atoms with Crippen LogP contribution in [0.4, 0.5) is 0 Å². The van der Waals surface area contributed by atoms with E-state index < -0.39 is 60.5 Å². The molecule has 0 aromatic rings. The van der Waals surface area contributed by atoms with Crippen LogP contribution in [-0.4, -0.2) is 85.3 Å². The maximum atomic E-state index is 12.3. The summed E-state index contributed by atoms with van der Waals surface area (Å²) >= 11 is 0. The van der Waals surface area contributed by atoms with Gasteiger partial charge in [0, 0.05) is 27.2 Å². The third kappa shape index (κ3) is 6.16. The van der Waals surface area contributed by atoms with E-state index in [1.165, 1.54) is 12.0 Å². The Morgan fingerprint density at radius 1 is 0.931 bits per heavy atom. The zero-order chi connectivity index (χ0) is 22.1. The van der Waals surface area contributed by atoms with Gasteiger partial charge in [-0.1, -0.05) is 0 Å². The van der Waals surface area contributed by atoms with Crippen molar-refractivity contribution in [1.29, 1.82) is 0 Å². The fourth-order valence-electron chi connectivity index (χ4n) is 2.94. The first-order valence-corrected chi connectivity index (χ1v) is 9.03. The zero-order valence-electron chi connectivity index (χ0n) is 17.1. The third-order valence-corrected chi connectivity index (χ3v) is 3.96. The van der Waals surface area contributed by atoms with Crippen molar-refractivity contribution >= 4 is 23.9 Å². The highest BCUT2D eigenvalue weighted by Gasteiger charge is 2.52. The molecule has 0 bridgehead atoms. The Kier molecular flexibility index (Phi) is 9.56. The molecular weight excluding hydrogens is 390 g/mol. The molecule has 1 rings (SSSR count). The Bertz CT molecular complexity index is 597. The largest absolute Gasteiger partial charge is 0.462 e. The molecule has 1 aliphatic rings. The Balaban J connectivity index is 3.45. The molecule has 0 saturated carbocycles. The van der Waals surface area contributed by atoms with Gasteiger partial charge >= 0.3 is 23.9 Å². The number of carbonyl (C=O) groups is 4. The molecular formula is C18H27NO10. The van der Waals surface area contributed by atoms with Crippen molar-refractivity contribution in [2.75, 3.05) is 26.9 Å². The molecule has 0 radical (unpaired) electrons. The van der Waals surface area contributed by atoms with E-state index in [0.29, 0.717) is 0 Å². The molecule has 29 heavy (non-hydrogen) atoms. The van der Waals surface area contributed by atoms with Gasteiger partial charge in [-0.15, -0.1) is 0 Å². The molecule has 0 aromatic heterocycles. The van der Waals surface area contributed by atoms with Crippen LogP contribution in [-0.2, 0) is 42.9 Å². The standard InChI is InChI=1S/C18H27NO10/c1-6-26-17(23)12(18(24)27-7-2)8-19-13(9-20)14(28-10(3)21)15(16(19)25-5)29-11(4)22/h8,13-16,20H,6-7,9H2,1-5H3/t13-,14-,15+,16-/m0/s1. The van der Waals surface area contributed by atoms with Crippen LogP contribution in [0.3, 0.4) is 0 Å². The molecule has 1 N–H and O–H groups in total. The Morgan fingerprint density at radius 2 is 1.41 bits per heavy atom. The molecule has 11 heteroatoms. The fourth-order valence-corrected chi connectivity index (χ4v) is 2.94. The number of aliphatic hydroxyl groups excluding tert-OH is 1. The SMILES string of the molecule is CCOC(=O)C(=CN1[C@@H](CO)[C@H](OC(C)=O)[C@@H](OC(C)=O)[C@@H]1OC)C(=O)OCC. The van der Waals surface area contributed by atoms with Crippen molar-refractivity contribution in [3.63, 3.8) is 0 Å². The molecule has 1 fully saturated rings. The lowest BCUT2D eigenvalue weighted by Gasteiger charge is -2.28. The molecule has 1 heterocycles. The normalized spacial score (nSPS) is 23.2. The summed E-state index contributed by atoms with van der Waals surface area (Å²) in [6.07, 6.45) is -2.22. The summed E-state index contributed by atoms with van der Waals surface area (Å²) in [5, 5.41) is 9.89. The monoisotopic (exact) mass is 417 g/mol. The van der Waals surface area contributed by atoms with Gasteiger partial charge in [-0.2, -0.15) is 0 Å². The first-order chi connectivity index (χ1) is 13.7. The average molecular weight is 417 g/mol. The minimum Gasteiger partial charge on any atom is -0.462 e. The summed E-state index contributed by atoms with van der Waals surface area (Å²) < 4.78 is 25.6. The number of rotatable bonds is 9. The van der Waals surface area contributed by atoms with Crippen LogP contribution in [0.15, 0.2) is 11.8 Å². The summed E-state index contributed by atoms with van der Waals surface area (Å²) in [5.74, 6) is -3.25. The molecule has 1 aliphatic heterocycles. The van der Waals surface area contributed by atoms with Crippen molar-refractivity contribution in [2.45, 2.75) is 52.2 Å². The van der Waals surface area contributed by atoms with Crippen LogP contribution >= 0.6 is 0 Å². The molecule has 0 aromatic carbocycles. The van der Waals surface area contributed by atoms with Gasteiger partial charge in [0.05, 0.1) is 25.9 Å². The summed E-state index contributed by atoms with van der Waals surface area (Å²) in [5.41, 5.74) is -0.459. The number of likely N-dealkylation sites (tertiary alicyclic amines) is 1. The van der Waals surface area contributed by atoms with E-state index in [4.69, 9.17) is 23.7 Å². The summed E-state index contributed by atoms with van der Waals surface area (Å²) in [4.78, 5) is 48.9. The molecule has 1 saturated heterocycles. The number of carbonyl (C=O) groups excluding carboxylic acids is 4. The van der Waals surface area contributed by atoms with E-state index in [9.17, 15) is 24.3 Å². The van der Waals surface area contributed by atoms with Crippen molar-refractivity contribution in [3.8, 4) is 0 Å². The lowest BCUT2D eigenvalue weighted by atomic mass is 10.1. The number of hydrogen-bond donors (Lipinski definition) is 1. The number of aliphatic hydroxyl groups is 1. The molecule has 0 aliphatic carbocycles. The maximum absolute atomic E-state index is 12.3. The minimum absolute atomic E-state index is 0.0128. The topological polar surface area (TPSA) is 138 Å². The van der Waals surface area contributed by atoms with E-state index in [1.54, 1.807) is 13.8 Å². The molecule has 11 nitrogen and oxygen atoms in total. The van der Waals surface area contributed by atoms with Crippen molar-refractivity contribution in [2.24, 2.45) is 0 Å². The van der Waals surface area contributed by atoms with Crippen LogP contribution in [0, 0.1) is 0 Å². The summed E-state index contributed by atoms with van der Waals surface area (Å²) in [6, 6.07) is -0.980. The average Bonchev–Trinajstić information content (AvgIpc) is 2.90. The lowest BCUT2D eigenvalue weighted by molar-refractivity contribution is -0.171. The number of nitrogens with zero attached hydrogens (tertiary/aromatic N) is 1. The second-order valence-electron chi connectivity index (χ2n) is 5.96. The molecule has 0 spiro atoms. The van der Waals surface area contributed by atoms with Crippen LogP contribution in [0.25, 0.3) is 0 Å². The van der Waals surface area contributed by atoms with Crippen LogP contribution in [0.5, 0.6) is 0 Å². The minimum atomic E-state index is -1.12. The number of esters is 4. The first-order valence-electron chi connectivity index (χ1n) is 9.03. The second kappa shape index (κ2) is 11.4. The van der Waals surface area contributed by atoms with Gasteiger partial charge in [-0.05, 0) is 13.8 Å². The predicted molar refractivity (Wildman–Crippen MR) is 96.0 cm³/mol. The maximum Gasteiger partial charge on any atom is 0.347 e. The van der Waals surface area contributed by atoms with Gasteiger partial charge < -0.3 is 33.7 Å². The van der Waals surface area contributed by atoms with E-state index >= 15 is 0 Å².